The summed E-state index contributed by atoms with van der Waals surface area (Å²) in [7, 11) is 1.79. The third kappa shape index (κ3) is 6.68. The Bertz CT molecular complexity index is 885. The molecule has 1 heterocycles. The van der Waals surface area contributed by atoms with Crippen LogP contribution in [0.2, 0.25) is 0 Å². The molecule has 0 spiro atoms. The van der Waals surface area contributed by atoms with E-state index in [0.29, 0.717) is 17.6 Å². The van der Waals surface area contributed by atoms with E-state index in [1.165, 1.54) is 12.1 Å². The van der Waals surface area contributed by atoms with Crippen LogP contribution in [0, 0.1) is 18.7 Å². The van der Waals surface area contributed by atoms with Crippen LogP contribution in [0.4, 0.5) is 10.2 Å². The minimum atomic E-state index is -0.307. The first-order chi connectivity index (χ1) is 15.0. The van der Waals surface area contributed by atoms with Crippen LogP contribution >= 0.6 is 11.8 Å². The van der Waals surface area contributed by atoms with Crippen molar-refractivity contribution in [3.8, 4) is 0 Å². The Labute approximate surface area is 188 Å². The predicted molar refractivity (Wildman–Crippen MR) is 124 cm³/mol. The zero-order chi connectivity index (χ0) is 22.2. The number of thioether (sulfide) groups is 1. The van der Waals surface area contributed by atoms with Gasteiger partial charge >= 0.3 is 0 Å². The summed E-state index contributed by atoms with van der Waals surface area (Å²) < 4.78 is 18.9. The number of rotatable bonds is 9. The predicted octanol–water partition coefficient (Wildman–Crippen LogP) is 5.19. The number of carbonyl (C=O) groups excluding carboxylic acids is 1. The number of ether oxygens (including phenoxy) is 1. The van der Waals surface area contributed by atoms with Crippen LogP contribution in [0.5, 0.6) is 0 Å². The summed E-state index contributed by atoms with van der Waals surface area (Å²) in [5.74, 6) is 1.75. The molecule has 1 fully saturated rings. The van der Waals surface area contributed by atoms with E-state index in [4.69, 9.17) is 9.72 Å². The van der Waals surface area contributed by atoms with Gasteiger partial charge in [0.05, 0.1) is 11.7 Å². The fraction of sp³-hybridized carbons (Fsp3) is 0.500. The highest BCUT2D eigenvalue weighted by Crippen LogP contribution is 2.28. The second kappa shape index (κ2) is 11.5. The number of carbonyl (C=O) groups is 1. The number of nitrogens with one attached hydrogen (secondary N) is 2. The number of aromatic nitrogens is 1. The number of nitrogens with zero attached hydrogens (tertiary/aromatic N) is 1. The maximum Gasteiger partial charge on any atom is 0.254 e. The van der Waals surface area contributed by atoms with Gasteiger partial charge in [-0.3, -0.25) is 4.79 Å². The maximum atomic E-state index is 13.4. The van der Waals surface area contributed by atoms with Crippen LogP contribution in [0.25, 0.3) is 0 Å². The van der Waals surface area contributed by atoms with E-state index in [9.17, 15) is 9.18 Å². The topological polar surface area (TPSA) is 63.3 Å². The lowest BCUT2D eigenvalue weighted by atomic mass is 9.87. The van der Waals surface area contributed by atoms with Crippen molar-refractivity contribution < 1.29 is 13.9 Å². The Balaban J connectivity index is 1.65. The fourth-order valence-corrected chi connectivity index (χ4v) is 4.82. The molecule has 0 radical (unpaired) electrons. The Morgan fingerprint density at radius 3 is 2.71 bits per heavy atom. The Morgan fingerprint density at radius 1 is 1.26 bits per heavy atom. The van der Waals surface area contributed by atoms with Crippen molar-refractivity contribution in [2.24, 2.45) is 5.92 Å². The molecule has 168 valence electrons. The Kier molecular flexibility index (Phi) is 8.72. The maximum absolute atomic E-state index is 13.4. The third-order valence-electron chi connectivity index (χ3n) is 5.73. The van der Waals surface area contributed by atoms with Gasteiger partial charge in [0, 0.05) is 20.2 Å². The molecule has 1 amide bonds. The molecule has 0 atom stereocenters. The molecule has 0 aliphatic heterocycles. The number of anilines is 1. The number of hydrogen-bond donors (Lipinski definition) is 2. The number of pyridine rings is 1. The molecule has 7 heteroatoms. The van der Waals surface area contributed by atoms with Gasteiger partial charge in [0.1, 0.15) is 16.7 Å². The van der Waals surface area contributed by atoms with Crippen LogP contribution in [0.15, 0.2) is 35.4 Å². The monoisotopic (exact) mass is 445 g/mol. The van der Waals surface area contributed by atoms with Crippen LogP contribution in [-0.4, -0.2) is 36.4 Å². The molecular formula is C24H32FN3O2S. The van der Waals surface area contributed by atoms with Gasteiger partial charge in [-0.25, -0.2) is 9.37 Å². The Hall–Kier alpha value is -2.12. The molecular weight excluding hydrogens is 413 g/mol. The molecule has 0 bridgehead atoms. The average Bonchev–Trinajstić information content (AvgIpc) is 2.76. The average molecular weight is 446 g/mol. The standard InChI is InChI=1S/C24H32FN3O2S/c1-4-31-24-22(23(29)27-15-18-6-5-7-19(25)13-18)16(2)12-21(28-24)26-14-17-8-10-20(30-3)11-9-17/h5-7,12-13,17,20H,4,8-11,14-15H2,1-3H3,(H,26,28)(H,27,29). The number of hydrogen-bond acceptors (Lipinski definition) is 5. The second-order valence-electron chi connectivity index (χ2n) is 8.01. The molecule has 2 N–H and O–H groups in total. The SMILES string of the molecule is CCSc1nc(NCC2CCC(OC)CC2)cc(C)c1C(=O)NCc1cccc(F)c1. The normalized spacial score (nSPS) is 18.6. The Morgan fingerprint density at radius 2 is 2.03 bits per heavy atom. The van der Waals surface area contributed by atoms with Gasteiger partial charge in [0.15, 0.2) is 0 Å². The lowest BCUT2D eigenvalue weighted by molar-refractivity contribution is 0.0585. The van der Waals surface area contributed by atoms with E-state index in [1.807, 2.05) is 19.9 Å². The summed E-state index contributed by atoms with van der Waals surface area (Å²) >= 11 is 1.56. The van der Waals surface area contributed by atoms with E-state index in [0.717, 1.165) is 60.0 Å². The van der Waals surface area contributed by atoms with E-state index < -0.39 is 0 Å². The molecule has 5 nitrogen and oxygen atoms in total. The van der Waals surface area contributed by atoms with Crippen molar-refractivity contribution in [1.29, 1.82) is 0 Å². The molecule has 1 aliphatic rings. The first-order valence-corrected chi connectivity index (χ1v) is 11.9. The van der Waals surface area contributed by atoms with Crippen molar-refractivity contribution >= 4 is 23.5 Å². The van der Waals surface area contributed by atoms with Gasteiger partial charge in [0.2, 0.25) is 0 Å². The second-order valence-corrected chi connectivity index (χ2v) is 9.26. The largest absolute Gasteiger partial charge is 0.381 e. The summed E-state index contributed by atoms with van der Waals surface area (Å²) in [5, 5.41) is 7.11. The molecule has 3 rings (SSSR count). The van der Waals surface area contributed by atoms with Gasteiger partial charge in [-0.15, -0.1) is 11.8 Å². The van der Waals surface area contributed by atoms with Crippen molar-refractivity contribution in [3.05, 3.63) is 52.8 Å². The van der Waals surface area contributed by atoms with Crippen molar-refractivity contribution in [3.63, 3.8) is 0 Å². The van der Waals surface area contributed by atoms with Gasteiger partial charge < -0.3 is 15.4 Å². The van der Waals surface area contributed by atoms with E-state index in [1.54, 1.807) is 31.0 Å². The van der Waals surface area contributed by atoms with E-state index in [2.05, 4.69) is 10.6 Å². The summed E-state index contributed by atoms with van der Waals surface area (Å²) in [6.45, 7) is 5.14. The lowest BCUT2D eigenvalue weighted by Crippen LogP contribution is -2.26. The molecule has 2 aromatic rings. The number of aryl methyl sites for hydroxylation is 1. The summed E-state index contributed by atoms with van der Waals surface area (Å²) in [6, 6.07) is 8.20. The van der Waals surface area contributed by atoms with Crippen LogP contribution in [0.3, 0.4) is 0 Å². The fourth-order valence-electron chi connectivity index (χ4n) is 3.99. The zero-order valence-corrected chi connectivity index (χ0v) is 19.4. The van der Waals surface area contributed by atoms with Gasteiger partial charge in [0.25, 0.3) is 5.91 Å². The van der Waals surface area contributed by atoms with E-state index >= 15 is 0 Å². The van der Waals surface area contributed by atoms with Crippen molar-refractivity contribution in [2.75, 3.05) is 24.7 Å². The highest BCUT2D eigenvalue weighted by atomic mass is 32.2. The van der Waals surface area contributed by atoms with Gasteiger partial charge in [-0.05, 0) is 73.6 Å². The first-order valence-electron chi connectivity index (χ1n) is 10.9. The molecule has 0 saturated heterocycles. The van der Waals surface area contributed by atoms with Crippen molar-refractivity contribution in [1.82, 2.24) is 10.3 Å². The number of benzene rings is 1. The quantitative estimate of drug-likeness (QED) is 0.520. The summed E-state index contributed by atoms with van der Waals surface area (Å²) in [4.78, 5) is 17.6. The van der Waals surface area contributed by atoms with Crippen molar-refractivity contribution in [2.45, 2.75) is 57.2 Å². The molecule has 1 aliphatic carbocycles. The van der Waals surface area contributed by atoms with Gasteiger partial charge in [-0.1, -0.05) is 19.1 Å². The summed E-state index contributed by atoms with van der Waals surface area (Å²) in [6.07, 6.45) is 4.92. The third-order valence-corrected chi connectivity index (χ3v) is 6.59. The number of methoxy groups -OCH3 is 1. The molecule has 0 unspecified atom stereocenters. The smallest absolute Gasteiger partial charge is 0.254 e. The van der Waals surface area contributed by atoms with Gasteiger partial charge in [-0.2, -0.15) is 0 Å². The number of amides is 1. The lowest BCUT2D eigenvalue weighted by Gasteiger charge is -2.27. The van der Waals surface area contributed by atoms with Crippen LogP contribution in [-0.2, 0) is 11.3 Å². The molecule has 1 aromatic heterocycles. The first kappa shape index (κ1) is 23.5. The zero-order valence-electron chi connectivity index (χ0n) is 18.5. The van der Waals surface area contributed by atoms with Crippen LogP contribution in [0.1, 0.15) is 54.1 Å². The highest BCUT2D eigenvalue weighted by molar-refractivity contribution is 7.99. The molecule has 1 aromatic carbocycles. The minimum Gasteiger partial charge on any atom is -0.381 e. The summed E-state index contributed by atoms with van der Waals surface area (Å²) in [5.41, 5.74) is 2.20. The van der Waals surface area contributed by atoms with Crippen LogP contribution < -0.4 is 10.6 Å². The minimum absolute atomic E-state index is 0.186. The molecule has 1 saturated carbocycles. The molecule has 31 heavy (non-hydrogen) atoms. The van der Waals surface area contributed by atoms with E-state index in [-0.39, 0.29) is 18.3 Å². The number of halogens is 1. The highest BCUT2D eigenvalue weighted by Gasteiger charge is 2.22.